The van der Waals surface area contributed by atoms with Crippen molar-refractivity contribution in [1.29, 1.82) is 0 Å². The molecule has 2 saturated carbocycles. The molecule has 4 heteroatoms. The van der Waals surface area contributed by atoms with Gasteiger partial charge in [-0.05, 0) is 32.1 Å². The maximum absolute atomic E-state index is 11.4. The highest BCUT2D eigenvalue weighted by Gasteiger charge is 2.33. The molecule has 0 radical (unpaired) electrons. The number of fused-ring (bicyclic) bond motifs is 1. The van der Waals surface area contributed by atoms with Crippen LogP contribution in [0.15, 0.2) is 9.98 Å². The van der Waals surface area contributed by atoms with Gasteiger partial charge in [0.15, 0.2) is 0 Å². The van der Waals surface area contributed by atoms with Gasteiger partial charge in [-0.25, -0.2) is 9.79 Å². The van der Waals surface area contributed by atoms with Gasteiger partial charge in [-0.1, -0.05) is 12.8 Å². The van der Waals surface area contributed by atoms with Crippen LogP contribution in [-0.4, -0.2) is 22.0 Å². The molecule has 0 saturated heterocycles. The van der Waals surface area contributed by atoms with Crippen LogP contribution in [0.25, 0.3) is 0 Å². The molecule has 2 amide bonds. The molecule has 16 heavy (non-hydrogen) atoms. The van der Waals surface area contributed by atoms with Crippen molar-refractivity contribution >= 4 is 28.5 Å². The van der Waals surface area contributed by atoms with Crippen LogP contribution in [-0.2, 0) is 0 Å². The van der Waals surface area contributed by atoms with Gasteiger partial charge in [0.2, 0.25) is 0 Å². The summed E-state index contributed by atoms with van der Waals surface area (Å²) in [5.74, 6) is 0.392. The SMILES string of the molecule is O=C1N=C2CCCC2C(SC2CCCC2)=N1. The van der Waals surface area contributed by atoms with E-state index in [0.29, 0.717) is 11.2 Å². The van der Waals surface area contributed by atoms with Crippen LogP contribution < -0.4 is 0 Å². The van der Waals surface area contributed by atoms with E-state index in [-0.39, 0.29) is 6.03 Å². The third-order valence-electron chi connectivity index (χ3n) is 3.66. The van der Waals surface area contributed by atoms with Gasteiger partial charge in [-0.3, -0.25) is 0 Å². The molecule has 0 spiro atoms. The molecular weight excluding hydrogens is 220 g/mol. The van der Waals surface area contributed by atoms with E-state index in [1.54, 1.807) is 0 Å². The standard InChI is InChI=1S/C12H16N2OS/c15-12-13-10-7-3-6-9(10)11(14-12)16-8-4-1-2-5-8/h8-9H,1-7H2. The van der Waals surface area contributed by atoms with E-state index in [4.69, 9.17) is 0 Å². The lowest BCUT2D eigenvalue weighted by molar-refractivity contribution is 0.256. The molecule has 2 aliphatic carbocycles. The molecule has 2 fully saturated rings. The number of urea groups is 1. The van der Waals surface area contributed by atoms with Gasteiger partial charge in [0.1, 0.15) is 0 Å². The highest BCUT2D eigenvalue weighted by atomic mass is 32.2. The minimum absolute atomic E-state index is 0.270. The quantitative estimate of drug-likeness (QED) is 0.700. The van der Waals surface area contributed by atoms with E-state index < -0.39 is 0 Å². The molecule has 1 heterocycles. The second kappa shape index (κ2) is 4.32. The second-order valence-electron chi connectivity index (χ2n) is 4.80. The fourth-order valence-corrected chi connectivity index (χ4v) is 4.29. The molecule has 1 aliphatic heterocycles. The van der Waals surface area contributed by atoms with E-state index in [9.17, 15) is 4.79 Å². The first kappa shape index (κ1) is 10.5. The molecule has 3 aliphatic rings. The third-order valence-corrected chi connectivity index (χ3v) is 5.08. The van der Waals surface area contributed by atoms with E-state index in [2.05, 4.69) is 9.98 Å². The van der Waals surface area contributed by atoms with Gasteiger partial charge in [-0.2, -0.15) is 4.99 Å². The molecule has 1 atom stereocenters. The highest BCUT2D eigenvalue weighted by molar-refractivity contribution is 8.14. The summed E-state index contributed by atoms with van der Waals surface area (Å²) in [4.78, 5) is 19.6. The second-order valence-corrected chi connectivity index (χ2v) is 6.13. The molecule has 0 aromatic carbocycles. The third kappa shape index (κ3) is 1.95. The van der Waals surface area contributed by atoms with Gasteiger partial charge >= 0.3 is 6.03 Å². The van der Waals surface area contributed by atoms with Crippen LogP contribution in [0.5, 0.6) is 0 Å². The Kier molecular flexibility index (Phi) is 2.84. The zero-order valence-electron chi connectivity index (χ0n) is 9.32. The summed E-state index contributed by atoms with van der Waals surface area (Å²) in [7, 11) is 0. The number of rotatable bonds is 1. The Morgan fingerprint density at radius 1 is 1.06 bits per heavy atom. The summed E-state index contributed by atoms with van der Waals surface area (Å²) in [5.41, 5.74) is 1.10. The number of carbonyl (C=O) groups is 1. The predicted octanol–water partition coefficient (Wildman–Crippen LogP) is 3.44. The summed E-state index contributed by atoms with van der Waals surface area (Å²) >= 11 is 1.86. The predicted molar refractivity (Wildman–Crippen MR) is 67.5 cm³/mol. The van der Waals surface area contributed by atoms with Crippen LogP contribution in [0.3, 0.4) is 0 Å². The molecular formula is C12H16N2OS. The Morgan fingerprint density at radius 3 is 2.69 bits per heavy atom. The van der Waals surface area contributed by atoms with Crippen molar-refractivity contribution in [1.82, 2.24) is 0 Å². The lowest BCUT2D eigenvalue weighted by atomic mass is 10.1. The number of thioether (sulfide) groups is 1. The Hall–Kier alpha value is -0.640. The molecule has 0 N–H and O–H groups in total. The van der Waals surface area contributed by atoms with Crippen molar-refractivity contribution in [3.63, 3.8) is 0 Å². The van der Waals surface area contributed by atoms with Crippen molar-refractivity contribution in [3.8, 4) is 0 Å². The smallest absolute Gasteiger partial charge is 0.244 e. The van der Waals surface area contributed by atoms with Crippen LogP contribution >= 0.6 is 11.8 Å². The van der Waals surface area contributed by atoms with Gasteiger partial charge in [0.25, 0.3) is 0 Å². The van der Waals surface area contributed by atoms with Crippen molar-refractivity contribution in [2.75, 3.05) is 0 Å². The normalized spacial score (nSPS) is 30.2. The highest BCUT2D eigenvalue weighted by Crippen LogP contribution is 2.37. The van der Waals surface area contributed by atoms with Crippen molar-refractivity contribution in [2.24, 2.45) is 15.9 Å². The largest absolute Gasteiger partial charge is 0.367 e. The topological polar surface area (TPSA) is 41.8 Å². The monoisotopic (exact) mass is 236 g/mol. The van der Waals surface area contributed by atoms with E-state index >= 15 is 0 Å². The van der Waals surface area contributed by atoms with Crippen molar-refractivity contribution < 1.29 is 4.79 Å². The number of hydrogen-bond acceptors (Lipinski definition) is 2. The Morgan fingerprint density at radius 2 is 1.88 bits per heavy atom. The zero-order chi connectivity index (χ0) is 11.0. The molecule has 0 aromatic heterocycles. The molecule has 1 unspecified atom stereocenters. The lowest BCUT2D eigenvalue weighted by Crippen LogP contribution is -2.23. The average Bonchev–Trinajstić information content (AvgIpc) is 2.87. The van der Waals surface area contributed by atoms with Gasteiger partial charge in [-0.15, -0.1) is 11.8 Å². The summed E-state index contributed by atoms with van der Waals surface area (Å²) in [5, 5.41) is 1.77. The zero-order valence-corrected chi connectivity index (χ0v) is 10.1. The average molecular weight is 236 g/mol. The van der Waals surface area contributed by atoms with E-state index in [1.807, 2.05) is 11.8 Å². The minimum atomic E-state index is -0.270. The molecule has 86 valence electrons. The summed E-state index contributed by atoms with van der Waals surface area (Å²) < 4.78 is 0. The minimum Gasteiger partial charge on any atom is -0.244 e. The van der Waals surface area contributed by atoms with Gasteiger partial charge in [0.05, 0.1) is 5.04 Å². The number of nitrogens with zero attached hydrogens (tertiary/aromatic N) is 2. The molecule has 0 bridgehead atoms. The number of hydrogen-bond donors (Lipinski definition) is 0. The number of carbonyl (C=O) groups excluding carboxylic acids is 1. The van der Waals surface area contributed by atoms with Gasteiger partial charge < -0.3 is 0 Å². The Bertz CT molecular complexity index is 369. The van der Waals surface area contributed by atoms with E-state index in [1.165, 1.54) is 32.1 Å². The van der Waals surface area contributed by atoms with Gasteiger partial charge in [0, 0.05) is 16.9 Å². The van der Waals surface area contributed by atoms with Crippen molar-refractivity contribution in [3.05, 3.63) is 0 Å². The summed E-state index contributed by atoms with van der Waals surface area (Å²) in [6.07, 6.45) is 8.56. The van der Waals surface area contributed by atoms with Crippen LogP contribution in [0.2, 0.25) is 0 Å². The molecule has 0 aromatic rings. The first-order chi connectivity index (χ1) is 7.83. The maximum atomic E-state index is 11.4. The fraction of sp³-hybridized carbons (Fsp3) is 0.750. The number of amides is 2. The molecule has 3 rings (SSSR count). The summed E-state index contributed by atoms with van der Waals surface area (Å²) in [6, 6.07) is -0.270. The summed E-state index contributed by atoms with van der Waals surface area (Å²) in [6.45, 7) is 0. The maximum Gasteiger partial charge on any atom is 0.367 e. The van der Waals surface area contributed by atoms with Crippen LogP contribution in [0.1, 0.15) is 44.9 Å². The Balaban J connectivity index is 1.75. The van der Waals surface area contributed by atoms with Crippen LogP contribution in [0, 0.1) is 5.92 Å². The van der Waals surface area contributed by atoms with Crippen molar-refractivity contribution in [2.45, 2.75) is 50.2 Å². The first-order valence-corrected chi connectivity index (χ1v) is 7.07. The fourth-order valence-electron chi connectivity index (χ4n) is 2.83. The number of aliphatic imine (C=N–C) groups is 2. The lowest BCUT2D eigenvalue weighted by Gasteiger charge is -2.19. The first-order valence-electron chi connectivity index (χ1n) is 6.19. The van der Waals surface area contributed by atoms with Crippen LogP contribution in [0.4, 0.5) is 4.79 Å². The van der Waals surface area contributed by atoms with E-state index in [0.717, 1.165) is 23.6 Å². The molecule has 3 nitrogen and oxygen atoms in total. The Labute approximate surface area is 99.8 Å².